The molecular formula is C15H12FNO4S. The number of halogens is 1. The Morgan fingerprint density at radius 2 is 1.82 bits per heavy atom. The minimum atomic E-state index is -4.12. The average Bonchev–Trinajstić information content (AvgIpc) is 2.49. The molecule has 0 N–H and O–H groups in total. The standard InChI is InChI=1S/C15H12FNO4S/c1-2-20-15-9-11(10-17)3-8-14(15)21-22(18,19)13-6-4-12(16)5-7-13/h3-9H,2H2,1H3. The fourth-order valence-corrected chi connectivity index (χ4v) is 2.62. The second kappa shape index (κ2) is 6.45. The number of nitriles is 1. The smallest absolute Gasteiger partial charge is 0.339 e. The summed E-state index contributed by atoms with van der Waals surface area (Å²) in [6.45, 7) is 2.00. The van der Waals surface area contributed by atoms with Crippen LogP contribution in [0.4, 0.5) is 4.39 Å². The quantitative estimate of drug-likeness (QED) is 0.791. The first-order chi connectivity index (χ1) is 10.5. The van der Waals surface area contributed by atoms with E-state index in [9.17, 15) is 12.8 Å². The van der Waals surface area contributed by atoms with E-state index in [0.717, 1.165) is 24.3 Å². The zero-order valence-corrected chi connectivity index (χ0v) is 12.4. The molecule has 0 spiro atoms. The van der Waals surface area contributed by atoms with Gasteiger partial charge in [0.2, 0.25) is 0 Å². The summed E-state index contributed by atoms with van der Waals surface area (Å²) in [7, 11) is -4.12. The van der Waals surface area contributed by atoms with Crippen LogP contribution in [-0.2, 0) is 10.1 Å². The van der Waals surface area contributed by atoms with Crippen molar-refractivity contribution in [3.05, 3.63) is 53.8 Å². The largest absolute Gasteiger partial charge is 0.490 e. The summed E-state index contributed by atoms with van der Waals surface area (Å²) in [4.78, 5) is -0.180. The van der Waals surface area contributed by atoms with Gasteiger partial charge in [-0.15, -0.1) is 0 Å². The van der Waals surface area contributed by atoms with Crippen molar-refractivity contribution in [2.75, 3.05) is 6.61 Å². The Bertz CT molecular complexity index is 810. The molecule has 5 nitrogen and oxygen atoms in total. The van der Waals surface area contributed by atoms with E-state index in [2.05, 4.69) is 0 Å². The van der Waals surface area contributed by atoms with Gasteiger partial charge in [-0.2, -0.15) is 13.7 Å². The summed E-state index contributed by atoms with van der Waals surface area (Å²) in [5.41, 5.74) is 0.315. The van der Waals surface area contributed by atoms with E-state index in [1.807, 2.05) is 6.07 Å². The first kappa shape index (κ1) is 15.8. The van der Waals surface area contributed by atoms with E-state index in [0.29, 0.717) is 5.56 Å². The number of ether oxygens (including phenoxy) is 1. The van der Waals surface area contributed by atoms with Crippen molar-refractivity contribution in [2.45, 2.75) is 11.8 Å². The lowest BCUT2D eigenvalue weighted by atomic mass is 10.2. The van der Waals surface area contributed by atoms with Crippen LogP contribution in [0, 0.1) is 17.1 Å². The van der Waals surface area contributed by atoms with E-state index in [1.165, 1.54) is 18.2 Å². The molecule has 0 aliphatic heterocycles. The lowest BCUT2D eigenvalue weighted by Crippen LogP contribution is -2.11. The predicted octanol–water partition coefficient (Wildman–Crippen LogP) is 2.86. The monoisotopic (exact) mass is 321 g/mol. The van der Waals surface area contributed by atoms with E-state index in [1.54, 1.807) is 6.92 Å². The molecule has 2 aromatic rings. The van der Waals surface area contributed by atoms with Crippen LogP contribution in [0.2, 0.25) is 0 Å². The van der Waals surface area contributed by atoms with Crippen LogP contribution >= 0.6 is 0 Å². The molecule has 0 aliphatic rings. The Morgan fingerprint density at radius 1 is 1.14 bits per heavy atom. The maximum absolute atomic E-state index is 12.9. The van der Waals surface area contributed by atoms with Crippen LogP contribution < -0.4 is 8.92 Å². The number of benzene rings is 2. The van der Waals surface area contributed by atoms with E-state index in [-0.39, 0.29) is 23.0 Å². The van der Waals surface area contributed by atoms with Crippen LogP contribution in [0.3, 0.4) is 0 Å². The van der Waals surface area contributed by atoms with Gasteiger partial charge in [0.05, 0.1) is 18.2 Å². The van der Waals surface area contributed by atoms with E-state index in [4.69, 9.17) is 14.2 Å². The highest BCUT2D eigenvalue weighted by molar-refractivity contribution is 7.87. The third-order valence-electron chi connectivity index (χ3n) is 2.67. The lowest BCUT2D eigenvalue weighted by molar-refractivity contribution is 0.327. The van der Waals surface area contributed by atoms with Gasteiger partial charge in [-0.1, -0.05) is 0 Å². The van der Waals surface area contributed by atoms with Crippen LogP contribution in [0.25, 0.3) is 0 Å². The van der Waals surface area contributed by atoms with Crippen molar-refractivity contribution in [1.82, 2.24) is 0 Å². The average molecular weight is 321 g/mol. The summed E-state index contributed by atoms with van der Waals surface area (Å²) in [5.74, 6) is -0.440. The molecule has 0 aromatic heterocycles. The molecule has 0 unspecified atom stereocenters. The van der Waals surface area contributed by atoms with Crippen molar-refractivity contribution in [2.24, 2.45) is 0 Å². The van der Waals surface area contributed by atoms with Crippen LogP contribution in [0.15, 0.2) is 47.4 Å². The highest BCUT2D eigenvalue weighted by Gasteiger charge is 2.19. The molecule has 7 heteroatoms. The molecule has 0 radical (unpaired) electrons. The van der Waals surface area contributed by atoms with Gasteiger partial charge >= 0.3 is 10.1 Å². The summed E-state index contributed by atoms with van der Waals surface area (Å²) < 4.78 is 47.5. The van der Waals surface area contributed by atoms with Crippen molar-refractivity contribution in [1.29, 1.82) is 5.26 Å². The number of rotatable bonds is 5. The van der Waals surface area contributed by atoms with Gasteiger partial charge in [0.1, 0.15) is 10.7 Å². The summed E-state index contributed by atoms with van der Waals surface area (Å²) >= 11 is 0. The second-order valence-electron chi connectivity index (χ2n) is 4.20. The SMILES string of the molecule is CCOc1cc(C#N)ccc1OS(=O)(=O)c1ccc(F)cc1. The predicted molar refractivity (Wildman–Crippen MR) is 76.5 cm³/mol. The molecule has 0 aliphatic carbocycles. The minimum absolute atomic E-state index is 0.0369. The zero-order valence-electron chi connectivity index (χ0n) is 11.6. The normalized spacial score (nSPS) is 10.8. The minimum Gasteiger partial charge on any atom is -0.490 e. The number of hydrogen-bond donors (Lipinski definition) is 0. The van der Waals surface area contributed by atoms with Gasteiger partial charge in [-0.25, -0.2) is 4.39 Å². The van der Waals surface area contributed by atoms with Gasteiger partial charge in [0.15, 0.2) is 11.5 Å². The fourth-order valence-electron chi connectivity index (χ4n) is 1.68. The maximum Gasteiger partial charge on any atom is 0.339 e. The third-order valence-corrected chi connectivity index (χ3v) is 3.92. The van der Waals surface area contributed by atoms with Gasteiger partial charge in [0.25, 0.3) is 0 Å². The highest BCUT2D eigenvalue weighted by atomic mass is 32.2. The van der Waals surface area contributed by atoms with Gasteiger partial charge in [-0.05, 0) is 43.3 Å². The van der Waals surface area contributed by atoms with Crippen molar-refractivity contribution < 1.29 is 21.7 Å². The van der Waals surface area contributed by atoms with Crippen LogP contribution in [-0.4, -0.2) is 15.0 Å². The molecule has 0 atom stereocenters. The molecule has 0 saturated heterocycles. The highest BCUT2D eigenvalue weighted by Crippen LogP contribution is 2.31. The molecule has 2 aromatic carbocycles. The Hall–Kier alpha value is -2.59. The first-order valence-electron chi connectivity index (χ1n) is 6.33. The second-order valence-corrected chi connectivity index (χ2v) is 5.74. The van der Waals surface area contributed by atoms with Crippen molar-refractivity contribution in [3.8, 4) is 17.6 Å². The molecular weight excluding hydrogens is 309 g/mol. The third kappa shape index (κ3) is 3.54. The summed E-state index contributed by atoms with van der Waals surface area (Å²) in [6.07, 6.45) is 0. The molecule has 0 heterocycles. The molecule has 22 heavy (non-hydrogen) atoms. The van der Waals surface area contributed by atoms with Crippen LogP contribution in [0.1, 0.15) is 12.5 Å². The Morgan fingerprint density at radius 3 is 2.41 bits per heavy atom. The topological polar surface area (TPSA) is 76.4 Å². The molecule has 114 valence electrons. The summed E-state index contributed by atoms with van der Waals surface area (Å²) in [5, 5.41) is 8.86. The van der Waals surface area contributed by atoms with Crippen molar-refractivity contribution >= 4 is 10.1 Å². The Labute approximate surface area is 127 Å². The van der Waals surface area contributed by atoms with Crippen LogP contribution in [0.5, 0.6) is 11.5 Å². The first-order valence-corrected chi connectivity index (χ1v) is 7.74. The molecule has 0 saturated carbocycles. The molecule has 0 fully saturated rings. The molecule has 0 amide bonds. The fraction of sp³-hybridized carbons (Fsp3) is 0.133. The van der Waals surface area contributed by atoms with Gasteiger partial charge in [-0.3, -0.25) is 0 Å². The van der Waals surface area contributed by atoms with Gasteiger partial charge < -0.3 is 8.92 Å². The summed E-state index contributed by atoms with van der Waals surface area (Å²) in [6, 6.07) is 10.3. The van der Waals surface area contributed by atoms with E-state index >= 15 is 0 Å². The molecule has 2 rings (SSSR count). The van der Waals surface area contributed by atoms with E-state index < -0.39 is 15.9 Å². The Balaban J connectivity index is 2.37. The lowest BCUT2D eigenvalue weighted by Gasteiger charge is -2.12. The van der Waals surface area contributed by atoms with Crippen molar-refractivity contribution in [3.63, 3.8) is 0 Å². The molecule has 0 bridgehead atoms. The Kier molecular flexibility index (Phi) is 4.63. The number of nitrogens with zero attached hydrogens (tertiary/aromatic N) is 1. The maximum atomic E-state index is 12.9. The van der Waals surface area contributed by atoms with Gasteiger partial charge in [0, 0.05) is 6.07 Å². The zero-order chi connectivity index (χ0) is 16.2. The number of hydrogen-bond acceptors (Lipinski definition) is 5.